The maximum absolute atomic E-state index is 13.9. The number of rotatable bonds is 7. The van der Waals surface area contributed by atoms with Gasteiger partial charge in [0.2, 0.25) is 0 Å². The van der Waals surface area contributed by atoms with E-state index in [1.807, 2.05) is 13.8 Å². The second kappa shape index (κ2) is 10.7. The van der Waals surface area contributed by atoms with Gasteiger partial charge in [0.15, 0.2) is 0 Å². The zero-order valence-electron chi connectivity index (χ0n) is 19.7. The highest BCUT2D eigenvalue weighted by Crippen LogP contribution is 2.31. The van der Waals surface area contributed by atoms with E-state index in [9.17, 15) is 13.2 Å². The molecule has 4 aromatic rings. The van der Waals surface area contributed by atoms with Crippen LogP contribution in [0.3, 0.4) is 0 Å². The van der Waals surface area contributed by atoms with Crippen molar-refractivity contribution in [1.82, 2.24) is 0 Å². The first-order valence-electron chi connectivity index (χ1n) is 11.2. The fraction of sp³-hybridized carbons (Fsp3) is 0.107. The molecule has 0 atom stereocenters. The number of amides is 1. The number of benzene rings is 4. The predicted octanol–water partition coefficient (Wildman–Crippen LogP) is 7.26. The average molecular weight is 539 g/mol. The molecule has 0 radical (unpaired) electrons. The van der Waals surface area contributed by atoms with Crippen molar-refractivity contribution in [2.24, 2.45) is 0 Å². The molecule has 0 fully saturated rings. The van der Waals surface area contributed by atoms with E-state index in [0.29, 0.717) is 15.7 Å². The van der Waals surface area contributed by atoms with Crippen LogP contribution in [-0.4, -0.2) is 14.3 Å². The lowest BCUT2D eigenvalue weighted by molar-refractivity contribution is 0.102. The highest BCUT2D eigenvalue weighted by molar-refractivity contribution is 7.92. The SMILES string of the molecule is Cc1ccc(S(=O)(=O)N(Cc2ccc(Cl)cc2)c2ccccc2C(=O)Nc2cc(Cl)ccc2C)cc1. The topological polar surface area (TPSA) is 66.5 Å². The molecule has 0 heterocycles. The second-order valence-corrected chi connectivity index (χ2v) is 11.1. The third kappa shape index (κ3) is 5.73. The molecule has 0 aliphatic carbocycles. The Labute approximate surface area is 221 Å². The molecule has 4 rings (SSSR count). The van der Waals surface area contributed by atoms with Crippen LogP contribution in [0.1, 0.15) is 27.0 Å². The number of halogens is 2. The van der Waals surface area contributed by atoms with Crippen molar-refractivity contribution in [3.8, 4) is 0 Å². The summed E-state index contributed by atoms with van der Waals surface area (Å²) in [6.45, 7) is 3.75. The Kier molecular flexibility index (Phi) is 7.69. The Balaban J connectivity index is 1.80. The average Bonchev–Trinajstić information content (AvgIpc) is 2.86. The van der Waals surface area contributed by atoms with E-state index >= 15 is 0 Å². The van der Waals surface area contributed by atoms with Gasteiger partial charge in [-0.1, -0.05) is 71.2 Å². The number of nitrogens with one attached hydrogen (secondary N) is 1. The summed E-state index contributed by atoms with van der Waals surface area (Å²) < 4.78 is 29.0. The third-order valence-electron chi connectivity index (χ3n) is 5.71. The molecule has 5 nitrogen and oxygen atoms in total. The first kappa shape index (κ1) is 25.8. The lowest BCUT2D eigenvalue weighted by atomic mass is 10.1. The minimum Gasteiger partial charge on any atom is -0.322 e. The fourth-order valence-electron chi connectivity index (χ4n) is 3.69. The highest BCUT2D eigenvalue weighted by atomic mass is 35.5. The summed E-state index contributed by atoms with van der Waals surface area (Å²) in [6, 6.07) is 25.4. The Hall–Kier alpha value is -3.32. The standard InChI is InChI=1S/C28H24Cl2N2O3S/c1-19-7-15-24(16-8-19)36(34,35)32(18-21-10-13-22(29)14-11-21)27-6-4-3-5-25(27)28(33)31-26-17-23(30)12-9-20(26)2/h3-17H,18H2,1-2H3,(H,31,33). The summed E-state index contributed by atoms with van der Waals surface area (Å²) in [7, 11) is -4.02. The molecule has 0 aliphatic rings. The van der Waals surface area contributed by atoms with Crippen LogP contribution in [-0.2, 0) is 16.6 Å². The maximum Gasteiger partial charge on any atom is 0.264 e. The van der Waals surface area contributed by atoms with E-state index < -0.39 is 15.9 Å². The van der Waals surface area contributed by atoms with Crippen LogP contribution >= 0.6 is 23.2 Å². The molecule has 1 N–H and O–H groups in total. The number of para-hydroxylation sites is 1. The largest absolute Gasteiger partial charge is 0.322 e. The molecule has 0 spiro atoms. The fourth-order valence-corrected chi connectivity index (χ4v) is 5.46. The molecule has 4 aromatic carbocycles. The molecule has 36 heavy (non-hydrogen) atoms. The van der Waals surface area contributed by atoms with Gasteiger partial charge in [0.25, 0.3) is 15.9 Å². The summed E-state index contributed by atoms with van der Waals surface area (Å²) in [5.41, 5.74) is 3.50. The Bertz CT molecular complexity index is 1500. The molecule has 184 valence electrons. The van der Waals surface area contributed by atoms with E-state index in [4.69, 9.17) is 23.2 Å². The van der Waals surface area contributed by atoms with Crippen LogP contribution < -0.4 is 9.62 Å². The Morgan fingerprint density at radius 3 is 2.17 bits per heavy atom. The van der Waals surface area contributed by atoms with Crippen LogP contribution in [0.25, 0.3) is 0 Å². The van der Waals surface area contributed by atoms with Crippen LogP contribution in [0.15, 0.2) is 95.9 Å². The van der Waals surface area contributed by atoms with Gasteiger partial charge < -0.3 is 5.32 Å². The van der Waals surface area contributed by atoms with Crippen molar-refractivity contribution >= 4 is 50.5 Å². The van der Waals surface area contributed by atoms with Gasteiger partial charge in [-0.25, -0.2) is 8.42 Å². The summed E-state index contributed by atoms with van der Waals surface area (Å²) in [5.74, 6) is -0.448. The van der Waals surface area contributed by atoms with E-state index in [2.05, 4.69) is 5.32 Å². The van der Waals surface area contributed by atoms with Crippen molar-refractivity contribution < 1.29 is 13.2 Å². The maximum atomic E-state index is 13.9. The minimum absolute atomic E-state index is 0.00780. The number of carbonyl (C=O) groups is 1. The Morgan fingerprint density at radius 2 is 1.47 bits per heavy atom. The monoisotopic (exact) mass is 538 g/mol. The van der Waals surface area contributed by atoms with Gasteiger partial charge in [0.1, 0.15) is 0 Å². The second-order valence-electron chi connectivity index (χ2n) is 8.38. The molecule has 0 saturated carbocycles. The number of anilines is 2. The van der Waals surface area contributed by atoms with Crippen molar-refractivity contribution in [2.45, 2.75) is 25.3 Å². The summed E-state index contributed by atoms with van der Waals surface area (Å²) in [6.07, 6.45) is 0. The molecule has 0 bridgehead atoms. The summed E-state index contributed by atoms with van der Waals surface area (Å²) in [4.78, 5) is 13.5. The lowest BCUT2D eigenvalue weighted by Gasteiger charge is -2.27. The molecule has 0 aliphatic heterocycles. The van der Waals surface area contributed by atoms with Crippen LogP contribution in [0.5, 0.6) is 0 Å². The van der Waals surface area contributed by atoms with E-state index in [0.717, 1.165) is 16.7 Å². The van der Waals surface area contributed by atoms with Gasteiger partial charge in [0, 0.05) is 15.7 Å². The molecular formula is C28H24Cl2N2O3S. The number of nitrogens with zero attached hydrogens (tertiary/aromatic N) is 1. The smallest absolute Gasteiger partial charge is 0.264 e. The van der Waals surface area contributed by atoms with Crippen molar-refractivity contribution in [3.05, 3.63) is 123 Å². The molecule has 0 unspecified atom stereocenters. The van der Waals surface area contributed by atoms with Gasteiger partial charge in [0.05, 0.1) is 22.7 Å². The Morgan fingerprint density at radius 1 is 0.833 bits per heavy atom. The number of aryl methyl sites for hydroxylation is 2. The molecule has 0 saturated heterocycles. The van der Waals surface area contributed by atoms with Crippen LogP contribution in [0.4, 0.5) is 11.4 Å². The summed E-state index contributed by atoms with van der Waals surface area (Å²) >= 11 is 12.2. The highest BCUT2D eigenvalue weighted by Gasteiger charge is 2.28. The number of hydrogen-bond acceptors (Lipinski definition) is 3. The van der Waals surface area contributed by atoms with Crippen LogP contribution in [0, 0.1) is 13.8 Å². The first-order chi connectivity index (χ1) is 17.1. The lowest BCUT2D eigenvalue weighted by Crippen LogP contribution is -2.32. The van der Waals surface area contributed by atoms with Gasteiger partial charge in [-0.2, -0.15) is 0 Å². The van der Waals surface area contributed by atoms with E-state index in [-0.39, 0.29) is 22.7 Å². The first-order valence-corrected chi connectivity index (χ1v) is 13.3. The zero-order valence-corrected chi connectivity index (χ0v) is 22.0. The zero-order chi connectivity index (χ0) is 25.9. The summed E-state index contributed by atoms with van der Waals surface area (Å²) in [5, 5.41) is 3.90. The number of sulfonamides is 1. The van der Waals surface area contributed by atoms with Gasteiger partial charge >= 0.3 is 0 Å². The normalized spacial score (nSPS) is 11.2. The van der Waals surface area contributed by atoms with E-state index in [1.54, 1.807) is 91.0 Å². The molecule has 8 heteroatoms. The molecule has 0 aromatic heterocycles. The predicted molar refractivity (Wildman–Crippen MR) is 147 cm³/mol. The number of carbonyl (C=O) groups excluding carboxylic acids is 1. The molecular weight excluding hydrogens is 515 g/mol. The van der Waals surface area contributed by atoms with Crippen LogP contribution in [0.2, 0.25) is 10.0 Å². The quantitative estimate of drug-likeness (QED) is 0.269. The van der Waals surface area contributed by atoms with Crippen molar-refractivity contribution in [1.29, 1.82) is 0 Å². The van der Waals surface area contributed by atoms with E-state index in [1.165, 1.54) is 4.31 Å². The van der Waals surface area contributed by atoms with Crippen molar-refractivity contribution in [2.75, 3.05) is 9.62 Å². The molecule has 1 amide bonds. The minimum atomic E-state index is -4.02. The number of hydrogen-bond donors (Lipinski definition) is 1. The third-order valence-corrected chi connectivity index (χ3v) is 7.97. The van der Waals surface area contributed by atoms with Gasteiger partial charge in [-0.05, 0) is 73.5 Å². The van der Waals surface area contributed by atoms with Gasteiger partial charge in [-0.3, -0.25) is 9.10 Å². The van der Waals surface area contributed by atoms with Gasteiger partial charge in [-0.15, -0.1) is 0 Å². The van der Waals surface area contributed by atoms with Crippen molar-refractivity contribution in [3.63, 3.8) is 0 Å².